The maximum atomic E-state index is 4.77. The van der Waals surface area contributed by atoms with Gasteiger partial charge in [-0.05, 0) is 51.7 Å². The second kappa shape index (κ2) is 6.37. The van der Waals surface area contributed by atoms with Gasteiger partial charge in [-0.15, -0.1) is 0 Å². The highest BCUT2D eigenvalue weighted by atomic mass is 14.7. The third-order valence-electron chi connectivity index (χ3n) is 5.24. The molecular formula is C26H19N. The van der Waals surface area contributed by atoms with E-state index >= 15 is 0 Å². The molecular weight excluding hydrogens is 326 g/mol. The normalized spacial score (nSPS) is 11.1. The number of rotatable bonds is 2. The summed E-state index contributed by atoms with van der Waals surface area (Å²) in [6.07, 6.45) is 2.02. The lowest BCUT2D eigenvalue weighted by molar-refractivity contribution is 1.29. The van der Waals surface area contributed by atoms with Crippen LogP contribution in [0, 0.1) is 6.92 Å². The highest BCUT2D eigenvalue weighted by Gasteiger charge is 2.11. The Kier molecular flexibility index (Phi) is 3.72. The Bertz CT molecular complexity index is 1270. The van der Waals surface area contributed by atoms with Crippen molar-refractivity contribution in [3.63, 3.8) is 0 Å². The van der Waals surface area contributed by atoms with Crippen LogP contribution in [0.25, 0.3) is 43.9 Å². The van der Waals surface area contributed by atoms with Crippen molar-refractivity contribution in [2.24, 2.45) is 0 Å². The summed E-state index contributed by atoms with van der Waals surface area (Å²) in [7, 11) is 0. The molecule has 0 aliphatic heterocycles. The van der Waals surface area contributed by atoms with Crippen molar-refractivity contribution in [3.8, 4) is 22.4 Å². The van der Waals surface area contributed by atoms with Crippen LogP contribution in [0.15, 0.2) is 97.2 Å². The fourth-order valence-corrected chi connectivity index (χ4v) is 3.88. The second-order valence-electron chi connectivity index (χ2n) is 6.94. The van der Waals surface area contributed by atoms with Crippen LogP contribution in [0.1, 0.15) is 5.56 Å². The number of fused-ring (bicyclic) bond motifs is 3. The largest absolute Gasteiger partial charge is 0.256 e. The van der Waals surface area contributed by atoms with Crippen LogP contribution in [0.5, 0.6) is 0 Å². The number of pyridine rings is 1. The number of benzene rings is 4. The van der Waals surface area contributed by atoms with Crippen molar-refractivity contribution >= 4 is 21.5 Å². The highest BCUT2D eigenvalue weighted by molar-refractivity contribution is 6.13. The number of hydrogen-bond acceptors (Lipinski definition) is 1. The molecule has 1 aromatic heterocycles. The average molecular weight is 345 g/mol. The van der Waals surface area contributed by atoms with Crippen LogP contribution in [0.3, 0.4) is 0 Å². The van der Waals surface area contributed by atoms with E-state index in [1.165, 1.54) is 38.2 Å². The monoisotopic (exact) mass is 345 g/mol. The van der Waals surface area contributed by atoms with Gasteiger partial charge in [-0.25, -0.2) is 0 Å². The van der Waals surface area contributed by atoms with Gasteiger partial charge in [0.25, 0.3) is 0 Å². The van der Waals surface area contributed by atoms with Gasteiger partial charge in [0.2, 0.25) is 0 Å². The molecule has 5 rings (SSSR count). The summed E-state index contributed by atoms with van der Waals surface area (Å²) >= 11 is 0. The average Bonchev–Trinajstić information content (AvgIpc) is 2.74. The van der Waals surface area contributed by atoms with Gasteiger partial charge in [0.05, 0.1) is 5.69 Å². The third kappa shape index (κ3) is 2.69. The van der Waals surface area contributed by atoms with Crippen molar-refractivity contribution < 1.29 is 0 Å². The summed E-state index contributed by atoms with van der Waals surface area (Å²) in [6, 6.07) is 32.1. The van der Waals surface area contributed by atoms with Gasteiger partial charge in [-0.3, -0.25) is 4.98 Å². The molecule has 0 N–H and O–H groups in total. The van der Waals surface area contributed by atoms with Gasteiger partial charge >= 0.3 is 0 Å². The molecule has 27 heavy (non-hydrogen) atoms. The standard InChI is InChI=1S/C26H19N/c1-18-15-26(19-9-3-2-4-10-19)27-17-25(18)24-16-20-11-5-6-12-21(20)22-13-7-8-14-23(22)24/h2-17H,1H3. The zero-order valence-corrected chi connectivity index (χ0v) is 15.2. The topological polar surface area (TPSA) is 12.9 Å². The number of aryl methyl sites for hydroxylation is 1. The van der Waals surface area contributed by atoms with E-state index in [2.05, 4.69) is 91.9 Å². The first-order valence-corrected chi connectivity index (χ1v) is 9.24. The molecule has 0 saturated heterocycles. The quantitative estimate of drug-likeness (QED) is 0.313. The van der Waals surface area contributed by atoms with E-state index in [4.69, 9.17) is 4.98 Å². The zero-order valence-electron chi connectivity index (χ0n) is 15.2. The lowest BCUT2D eigenvalue weighted by Gasteiger charge is -2.13. The summed E-state index contributed by atoms with van der Waals surface area (Å²) < 4.78 is 0. The predicted octanol–water partition coefficient (Wildman–Crippen LogP) is 7.03. The number of hydrogen-bond donors (Lipinski definition) is 0. The molecule has 0 spiro atoms. The maximum Gasteiger partial charge on any atom is 0.0705 e. The Morgan fingerprint density at radius 2 is 1.26 bits per heavy atom. The van der Waals surface area contributed by atoms with Crippen molar-refractivity contribution in [2.75, 3.05) is 0 Å². The van der Waals surface area contributed by atoms with E-state index in [9.17, 15) is 0 Å². The molecule has 0 aliphatic rings. The first kappa shape index (κ1) is 15.8. The van der Waals surface area contributed by atoms with Crippen molar-refractivity contribution in [2.45, 2.75) is 6.92 Å². The summed E-state index contributed by atoms with van der Waals surface area (Å²) in [6.45, 7) is 2.17. The lowest BCUT2D eigenvalue weighted by atomic mass is 9.92. The maximum absolute atomic E-state index is 4.77. The molecule has 0 amide bonds. The molecule has 4 aromatic carbocycles. The second-order valence-corrected chi connectivity index (χ2v) is 6.94. The van der Waals surface area contributed by atoms with Crippen LogP contribution < -0.4 is 0 Å². The molecule has 1 heteroatoms. The number of aromatic nitrogens is 1. The smallest absolute Gasteiger partial charge is 0.0705 e. The van der Waals surface area contributed by atoms with Gasteiger partial charge in [0, 0.05) is 17.3 Å². The molecule has 0 unspecified atom stereocenters. The predicted molar refractivity (Wildman–Crippen MR) is 115 cm³/mol. The molecule has 0 atom stereocenters. The molecule has 0 aliphatic carbocycles. The van der Waals surface area contributed by atoms with Crippen LogP contribution in [-0.4, -0.2) is 4.98 Å². The fraction of sp³-hybridized carbons (Fsp3) is 0.0385. The summed E-state index contributed by atoms with van der Waals surface area (Å²) in [5.41, 5.74) is 5.84. The lowest BCUT2D eigenvalue weighted by Crippen LogP contribution is -1.91. The van der Waals surface area contributed by atoms with Crippen LogP contribution in [-0.2, 0) is 0 Å². The van der Waals surface area contributed by atoms with Gasteiger partial charge in [0.15, 0.2) is 0 Å². The minimum Gasteiger partial charge on any atom is -0.256 e. The molecule has 1 nitrogen and oxygen atoms in total. The SMILES string of the molecule is Cc1cc(-c2ccccc2)ncc1-c1cc2ccccc2c2ccccc12. The summed E-state index contributed by atoms with van der Waals surface area (Å²) in [4.78, 5) is 4.77. The molecule has 1 heterocycles. The third-order valence-corrected chi connectivity index (χ3v) is 5.24. The Morgan fingerprint density at radius 3 is 2.04 bits per heavy atom. The first-order valence-electron chi connectivity index (χ1n) is 9.24. The minimum absolute atomic E-state index is 1.02. The summed E-state index contributed by atoms with van der Waals surface area (Å²) in [5.74, 6) is 0. The van der Waals surface area contributed by atoms with Crippen LogP contribution in [0.2, 0.25) is 0 Å². The van der Waals surface area contributed by atoms with Crippen molar-refractivity contribution in [1.29, 1.82) is 0 Å². The highest BCUT2D eigenvalue weighted by Crippen LogP contribution is 2.36. The Labute approximate surface area is 158 Å². The molecule has 0 radical (unpaired) electrons. The van der Waals surface area contributed by atoms with Crippen LogP contribution in [0.4, 0.5) is 0 Å². The Morgan fingerprint density at radius 1 is 0.593 bits per heavy atom. The molecule has 0 fully saturated rings. The van der Waals surface area contributed by atoms with E-state index < -0.39 is 0 Å². The van der Waals surface area contributed by atoms with Gasteiger partial charge < -0.3 is 0 Å². The Hall–Kier alpha value is -3.45. The molecule has 0 bridgehead atoms. The van der Waals surface area contributed by atoms with E-state index in [0.717, 1.165) is 11.3 Å². The van der Waals surface area contributed by atoms with Crippen molar-refractivity contribution in [3.05, 3.63) is 103 Å². The molecule has 0 saturated carbocycles. The van der Waals surface area contributed by atoms with Gasteiger partial charge in [-0.2, -0.15) is 0 Å². The molecule has 128 valence electrons. The zero-order chi connectivity index (χ0) is 18.2. The van der Waals surface area contributed by atoms with E-state index in [1.54, 1.807) is 0 Å². The van der Waals surface area contributed by atoms with Gasteiger partial charge in [-0.1, -0.05) is 78.9 Å². The van der Waals surface area contributed by atoms with E-state index in [1.807, 2.05) is 12.3 Å². The van der Waals surface area contributed by atoms with E-state index in [0.29, 0.717) is 0 Å². The fourth-order valence-electron chi connectivity index (χ4n) is 3.88. The Balaban J connectivity index is 1.76. The van der Waals surface area contributed by atoms with E-state index in [-0.39, 0.29) is 0 Å². The summed E-state index contributed by atoms with van der Waals surface area (Å²) in [5, 5.41) is 5.12. The van der Waals surface area contributed by atoms with Crippen molar-refractivity contribution in [1.82, 2.24) is 4.98 Å². The van der Waals surface area contributed by atoms with Gasteiger partial charge in [0.1, 0.15) is 0 Å². The molecule has 5 aromatic rings. The van der Waals surface area contributed by atoms with Crippen LogP contribution >= 0.6 is 0 Å². The minimum atomic E-state index is 1.02. The number of nitrogens with zero attached hydrogens (tertiary/aromatic N) is 1. The first-order chi connectivity index (χ1) is 13.3.